The molecule has 6 heteroatoms. The molecule has 1 aromatic carbocycles. The third-order valence-corrected chi connectivity index (χ3v) is 3.83. The largest absolute Gasteiger partial charge is 0.359 e. The van der Waals surface area contributed by atoms with Gasteiger partial charge in [0.1, 0.15) is 19.7 Å². The average molecular weight is 340 g/mol. The normalized spacial score (nSPS) is 24.2. The molecule has 0 aromatic heterocycles. The molecule has 1 fully saturated rings. The van der Waals surface area contributed by atoms with Gasteiger partial charge in [0.15, 0.2) is 6.29 Å². The van der Waals surface area contributed by atoms with Gasteiger partial charge in [-0.15, -0.1) is 0 Å². The maximum Gasteiger partial charge on any atom is 0.184 e. The zero-order valence-corrected chi connectivity index (χ0v) is 14.5. The van der Waals surface area contributed by atoms with E-state index in [1.165, 1.54) is 0 Å². The minimum absolute atomic E-state index is 0.0264. The predicted octanol–water partition coefficient (Wildman–Crippen LogP) is 2.88. The highest BCUT2D eigenvalue weighted by Gasteiger charge is 2.33. The van der Waals surface area contributed by atoms with Crippen molar-refractivity contribution in [1.82, 2.24) is 0 Å². The second-order valence-electron chi connectivity index (χ2n) is 5.67. The quantitative estimate of drug-likeness (QED) is 0.456. The molecule has 24 heavy (non-hydrogen) atoms. The van der Waals surface area contributed by atoms with Crippen LogP contribution in [0.1, 0.15) is 31.1 Å². The van der Waals surface area contributed by atoms with Crippen LogP contribution in [0.25, 0.3) is 0 Å². The van der Waals surface area contributed by atoms with Crippen LogP contribution in [0, 0.1) is 0 Å². The lowest BCUT2D eigenvalue weighted by Crippen LogP contribution is -2.42. The van der Waals surface area contributed by atoms with Crippen LogP contribution in [-0.2, 0) is 28.4 Å². The van der Waals surface area contributed by atoms with Crippen LogP contribution in [0.2, 0.25) is 0 Å². The minimum Gasteiger partial charge on any atom is -0.359 e. The fourth-order valence-electron chi connectivity index (χ4n) is 2.62. The van der Waals surface area contributed by atoms with E-state index in [2.05, 4.69) is 0 Å². The number of methoxy groups -OCH3 is 2. The Balaban J connectivity index is 1.83. The molecule has 0 aliphatic carbocycles. The van der Waals surface area contributed by atoms with E-state index in [0.29, 0.717) is 20.0 Å². The van der Waals surface area contributed by atoms with Crippen LogP contribution < -0.4 is 0 Å². The van der Waals surface area contributed by atoms with Crippen LogP contribution in [0.4, 0.5) is 0 Å². The summed E-state index contributed by atoms with van der Waals surface area (Å²) >= 11 is 0. The number of hydrogen-bond acceptors (Lipinski definition) is 6. The van der Waals surface area contributed by atoms with E-state index in [1.807, 2.05) is 30.3 Å². The molecule has 1 aliphatic rings. The number of unbranched alkanes of at least 4 members (excludes halogenated alkanes) is 1. The number of ether oxygens (including phenoxy) is 6. The summed E-state index contributed by atoms with van der Waals surface area (Å²) < 4.78 is 32.8. The third-order valence-electron chi connectivity index (χ3n) is 3.83. The molecule has 3 atom stereocenters. The van der Waals surface area contributed by atoms with Gasteiger partial charge in [-0.3, -0.25) is 0 Å². The SMILES string of the molecule is COCOCCCC[C@@H]1O[C@H](c2ccccc2)OC[C@H]1OCOC. The van der Waals surface area contributed by atoms with Crippen molar-refractivity contribution in [2.75, 3.05) is 41.0 Å². The molecule has 0 radical (unpaired) electrons. The van der Waals surface area contributed by atoms with Gasteiger partial charge in [-0.25, -0.2) is 0 Å². The molecular formula is C18H28O6. The molecule has 136 valence electrons. The first-order chi connectivity index (χ1) is 11.8. The molecule has 1 saturated heterocycles. The second kappa shape index (κ2) is 11.5. The molecule has 0 spiro atoms. The van der Waals surface area contributed by atoms with Crippen molar-refractivity contribution in [1.29, 1.82) is 0 Å². The Kier molecular flexibility index (Phi) is 9.27. The number of rotatable bonds is 11. The molecule has 0 N–H and O–H groups in total. The summed E-state index contributed by atoms with van der Waals surface area (Å²) in [5.41, 5.74) is 1.02. The molecular weight excluding hydrogens is 312 g/mol. The Hall–Kier alpha value is -1.02. The van der Waals surface area contributed by atoms with Gasteiger partial charge in [0, 0.05) is 26.4 Å². The zero-order chi connectivity index (χ0) is 17.0. The van der Waals surface area contributed by atoms with Crippen LogP contribution >= 0.6 is 0 Å². The highest BCUT2D eigenvalue weighted by atomic mass is 16.7. The van der Waals surface area contributed by atoms with Crippen LogP contribution in [0.15, 0.2) is 30.3 Å². The molecule has 1 aliphatic heterocycles. The Bertz CT molecular complexity index is 427. The Morgan fingerprint density at radius 2 is 1.83 bits per heavy atom. The molecule has 0 bridgehead atoms. The summed E-state index contributed by atoms with van der Waals surface area (Å²) in [6.07, 6.45) is 2.34. The standard InChI is InChI=1S/C18H28O6/c1-19-13-21-11-7-6-10-16-17(23-14-20-2)12-22-18(24-16)15-8-4-3-5-9-15/h3-5,8-9,16-18H,6-7,10-14H2,1-2H3/t16-,17+,18+/m0/s1. The smallest absolute Gasteiger partial charge is 0.184 e. The summed E-state index contributed by atoms with van der Waals surface area (Å²) in [6.45, 7) is 1.75. The first-order valence-electron chi connectivity index (χ1n) is 8.34. The molecule has 2 rings (SSSR count). The summed E-state index contributed by atoms with van der Waals surface area (Å²) in [5, 5.41) is 0. The number of benzene rings is 1. The van der Waals surface area contributed by atoms with Gasteiger partial charge in [0.05, 0.1) is 12.7 Å². The van der Waals surface area contributed by atoms with Crippen LogP contribution in [0.5, 0.6) is 0 Å². The van der Waals surface area contributed by atoms with Gasteiger partial charge in [0.2, 0.25) is 0 Å². The second-order valence-corrected chi connectivity index (χ2v) is 5.67. The number of hydrogen-bond donors (Lipinski definition) is 0. The Morgan fingerprint density at radius 1 is 1.04 bits per heavy atom. The van der Waals surface area contributed by atoms with Gasteiger partial charge in [-0.05, 0) is 19.3 Å². The van der Waals surface area contributed by atoms with E-state index in [4.69, 9.17) is 28.4 Å². The van der Waals surface area contributed by atoms with E-state index in [1.54, 1.807) is 14.2 Å². The van der Waals surface area contributed by atoms with Crippen molar-refractivity contribution in [3.63, 3.8) is 0 Å². The monoisotopic (exact) mass is 340 g/mol. The summed E-state index contributed by atoms with van der Waals surface area (Å²) in [5.74, 6) is 0. The fourth-order valence-corrected chi connectivity index (χ4v) is 2.62. The summed E-state index contributed by atoms with van der Waals surface area (Å²) in [6, 6.07) is 9.97. The molecule has 1 heterocycles. The fraction of sp³-hybridized carbons (Fsp3) is 0.667. The van der Waals surface area contributed by atoms with E-state index >= 15 is 0 Å². The Labute approximate surface area is 143 Å². The molecule has 0 saturated carbocycles. The molecule has 0 amide bonds. The first kappa shape index (κ1) is 19.3. The zero-order valence-electron chi connectivity index (χ0n) is 14.5. The lowest BCUT2D eigenvalue weighted by molar-refractivity contribution is -0.277. The maximum absolute atomic E-state index is 6.14. The summed E-state index contributed by atoms with van der Waals surface area (Å²) in [4.78, 5) is 0. The maximum atomic E-state index is 6.14. The van der Waals surface area contributed by atoms with Crippen molar-refractivity contribution in [2.45, 2.75) is 37.8 Å². The van der Waals surface area contributed by atoms with Gasteiger partial charge in [-0.2, -0.15) is 0 Å². The van der Waals surface area contributed by atoms with E-state index in [9.17, 15) is 0 Å². The van der Waals surface area contributed by atoms with E-state index < -0.39 is 0 Å². The predicted molar refractivity (Wildman–Crippen MR) is 88.4 cm³/mol. The lowest BCUT2D eigenvalue weighted by atomic mass is 10.1. The molecule has 6 nitrogen and oxygen atoms in total. The van der Waals surface area contributed by atoms with Crippen LogP contribution in [-0.4, -0.2) is 53.2 Å². The highest BCUT2D eigenvalue weighted by Crippen LogP contribution is 2.29. The van der Waals surface area contributed by atoms with Gasteiger partial charge in [0.25, 0.3) is 0 Å². The first-order valence-corrected chi connectivity index (χ1v) is 8.34. The van der Waals surface area contributed by atoms with Crippen LogP contribution in [0.3, 0.4) is 0 Å². The summed E-state index contributed by atoms with van der Waals surface area (Å²) in [7, 11) is 3.23. The lowest BCUT2D eigenvalue weighted by Gasteiger charge is -2.36. The Morgan fingerprint density at radius 3 is 2.58 bits per heavy atom. The minimum atomic E-state index is -0.344. The van der Waals surface area contributed by atoms with Crippen molar-refractivity contribution in [3.05, 3.63) is 35.9 Å². The van der Waals surface area contributed by atoms with E-state index in [0.717, 1.165) is 24.8 Å². The van der Waals surface area contributed by atoms with Gasteiger partial charge < -0.3 is 28.4 Å². The molecule has 0 unspecified atom stereocenters. The van der Waals surface area contributed by atoms with Gasteiger partial charge >= 0.3 is 0 Å². The van der Waals surface area contributed by atoms with Crippen molar-refractivity contribution < 1.29 is 28.4 Å². The van der Waals surface area contributed by atoms with Gasteiger partial charge in [-0.1, -0.05) is 30.3 Å². The van der Waals surface area contributed by atoms with Crippen molar-refractivity contribution in [3.8, 4) is 0 Å². The van der Waals surface area contributed by atoms with E-state index in [-0.39, 0.29) is 25.3 Å². The highest BCUT2D eigenvalue weighted by molar-refractivity contribution is 5.16. The molecule has 1 aromatic rings. The average Bonchev–Trinajstić information content (AvgIpc) is 2.64. The van der Waals surface area contributed by atoms with Crippen molar-refractivity contribution >= 4 is 0 Å². The topological polar surface area (TPSA) is 55.4 Å². The van der Waals surface area contributed by atoms with Crippen molar-refractivity contribution in [2.24, 2.45) is 0 Å². The third kappa shape index (κ3) is 6.47.